The normalized spacial score (nSPS) is 10.7. The van der Waals surface area contributed by atoms with Crippen molar-refractivity contribution in [3.8, 4) is 46.0 Å². The molecular weight excluding hydrogens is 404 g/mol. The van der Waals surface area contributed by atoms with Crippen LogP contribution in [0.3, 0.4) is 0 Å². The minimum atomic E-state index is -0.0672. The molecule has 0 aliphatic rings. The first-order chi connectivity index (χ1) is 14.9. The van der Waals surface area contributed by atoms with Gasteiger partial charge in [0.25, 0.3) is 0 Å². The van der Waals surface area contributed by atoms with Crippen molar-refractivity contribution in [1.82, 2.24) is 0 Å². The standard InChI is InChI=1S/C23H32O8/c1-28-18-12-16(24)22(30-3)14(20(18)26)10-8-6-5-7-9-11-15-21(27)19(29-2)13-17(25)23(15)31-4/h12-13,24-27H,5-11H2,1-4H3. The van der Waals surface area contributed by atoms with Crippen LogP contribution in [0, 0.1) is 0 Å². The zero-order chi connectivity index (χ0) is 23.0. The van der Waals surface area contributed by atoms with Crippen LogP contribution in [0.15, 0.2) is 12.1 Å². The van der Waals surface area contributed by atoms with E-state index in [9.17, 15) is 20.4 Å². The van der Waals surface area contributed by atoms with Crippen LogP contribution >= 0.6 is 0 Å². The van der Waals surface area contributed by atoms with Gasteiger partial charge in [0.1, 0.15) is 0 Å². The average molecular weight is 437 g/mol. The molecule has 0 unspecified atom stereocenters. The molecule has 2 aromatic rings. The molecule has 0 aliphatic heterocycles. The third-order valence-corrected chi connectivity index (χ3v) is 5.29. The molecule has 8 heteroatoms. The Morgan fingerprint density at radius 1 is 0.548 bits per heavy atom. The van der Waals surface area contributed by atoms with Crippen LogP contribution in [0.1, 0.15) is 43.2 Å². The molecule has 0 amide bonds. The van der Waals surface area contributed by atoms with Gasteiger partial charge in [-0.25, -0.2) is 0 Å². The van der Waals surface area contributed by atoms with Crippen molar-refractivity contribution in [2.45, 2.75) is 44.9 Å². The van der Waals surface area contributed by atoms with E-state index in [0.717, 1.165) is 32.1 Å². The maximum Gasteiger partial charge on any atom is 0.167 e. The van der Waals surface area contributed by atoms with E-state index < -0.39 is 0 Å². The molecular formula is C23H32O8. The van der Waals surface area contributed by atoms with Crippen LogP contribution < -0.4 is 18.9 Å². The first-order valence-corrected chi connectivity index (χ1v) is 10.2. The Balaban J connectivity index is 1.88. The fourth-order valence-electron chi connectivity index (χ4n) is 3.70. The van der Waals surface area contributed by atoms with Gasteiger partial charge in [0.2, 0.25) is 0 Å². The van der Waals surface area contributed by atoms with Crippen LogP contribution in [0.25, 0.3) is 0 Å². The maximum atomic E-state index is 10.4. The van der Waals surface area contributed by atoms with E-state index in [-0.39, 0.29) is 46.0 Å². The van der Waals surface area contributed by atoms with Crippen molar-refractivity contribution in [3.05, 3.63) is 23.3 Å². The second-order valence-electron chi connectivity index (χ2n) is 7.18. The molecule has 0 bridgehead atoms. The van der Waals surface area contributed by atoms with Crippen LogP contribution in [0.2, 0.25) is 0 Å². The van der Waals surface area contributed by atoms with E-state index in [4.69, 9.17) is 18.9 Å². The van der Waals surface area contributed by atoms with Gasteiger partial charge in [-0.05, 0) is 25.7 Å². The van der Waals surface area contributed by atoms with Crippen molar-refractivity contribution in [1.29, 1.82) is 0 Å². The number of unbranched alkanes of at least 4 members (excludes halogenated alkanes) is 4. The second-order valence-corrected chi connectivity index (χ2v) is 7.18. The van der Waals surface area contributed by atoms with Gasteiger partial charge in [-0.3, -0.25) is 0 Å². The molecule has 0 spiro atoms. The van der Waals surface area contributed by atoms with Gasteiger partial charge in [-0.2, -0.15) is 0 Å². The van der Waals surface area contributed by atoms with E-state index in [1.54, 1.807) is 0 Å². The van der Waals surface area contributed by atoms with Gasteiger partial charge < -0.3 is 39.4 Å². The quantitative estimate of drug-likeness (QED) is 0.288. The molecule has 2 aromatic carbocycles. The lowest BCUT2D eigenvalue weighted by molar-refractivity contribution is 0.339. The highest BCUT2D eigenvalue weighted by Crippen LogP contribution is 2.45. The second kappa shape index (κ2) is 11.3. The monoisotopic (exact) mass is 436 g/mol. The lowest BCUT2D eigenvalue weighted by Crippen LogP contribution is -1.97. The predicted octanol–water partition coefficient (Wildman–Crippen LogP) is 4.28. The van der Waals surface area contributed by atoms with E-state index in [0.29, 0.717) is 24.0 Å². The zero-order valence-corrected chi connectivity index (χ0v) is 18.5. The lowest BCUT2D eigenvalue weighted by Gasteiger charge is -2.15. The Labute approximate surface area is 182 Å². The Morgan fingerprint density at radius 3 is 1.23 bits per heavy atom. The third-order valence-electron chi connectivity index (χ3n) is 5.29. The summed E-state index contributed by atoms with van der Waals surface area (Å²) < 4.78 is 20.7. The van der Waals surface area contributed by atoms with Crippen LogP contribution in [-0.4, -0.2) is 48.9 Å². The number of hydrogen-bond donors (Lipinski definition) is 4. The fourth-order valence-corrected chi connectivity index (χ4v) is 3.70. The zero-order valence-electron chi connectivity index (χ0n) is 18.5. The van der Waals surface area contributed by atoms with Crippen molar-refractivity contribution in [3.63, 3.8) is 0 Å². The summed E-state index contributed by atoms with van der Waals surface area (Å²) >= 11 is 0. The Bertz CT molecular complexity index is 807. The largest absolute Gasteiger partial charge is 0.504 e. The SMILES string of the molecule is COc1cc(O)c(OC)c(CCCCCCCc2c(O)c(OC)cc(O)c2OC)c1O. The molecule has 0 heterocycles. The molecule has 4 N–H and O–H groups in total. The summed E-state index contributed by atoms with van der Waals surface area (Å²) in [4.78, 5) is 0. The van der Waals surface area contributed by atoms with Crippen LogP contribution in [0.5, 0.6) is 46.0 Å². The lowest BCUT2D eigenvalue weighted by atomic mass is 10.0. The molecule has 0 aromatic heterocycles. The van der Waals surface area contributed by atoms with Crippen molar-refractivity contribution in [2.75, 3.05) is 28.4 Å². The van der Waals surface area contributed by atoms with Gasteiger partial charge in [0, 0.05) is 23.3 Å². The number of rotatable bonds is 12. The van der Waals surface area contributed by atoms with E-state index in [1.807, 2.05) is 0 Å². The number of aromatic hydroxyl groups is 4. The molecule has 0 saturated heterocycles. The van der Waals surface area contributed by atoms with Gasteiger partial charge in [0.15, 0.2) is 46.0 Å². The van der Waals surface area contributed by atoms with Gasteiger partial charge in [-0.1, -0.05) is 19.3 Å². The maximum absolute atomic E-state index is 10.4. The van der Waals surface area contributed by atoms with Crippen LogP contribution in [-0.2, 0) is 12.8 Å². The van der Waals surface area contributed by atoms with Crippen molar-refractivity contribution >= 4 is 0 Å². The Hall–Kier alpha value is -3.16. The highest BCUT2D eigenvalue weighted by Gasteiger charge is 2.20. The number of hydrogen-bond acceptors (Lipinski definition) is 8. The number of methoxy groups -OCH3 is 4. The van der Waals surface area contributed by atoms with Gasteiger partial charge in [0.05, 0.1) is 28.4 Å². The summed E-state index contributed by atoms with van der Waals surface area (Å²) in [6.07, 6.45) is 5.44. The van der Waals surface area contributed by atoms with Gasteiger partial charge in [-0.15, -0.1) is 0 Å². The summed E-state index contributed by atoms with van der Waals surface area (Å²) in [5.74, 6) is 0.782. The van der Waals surface area contributed by atoms with E-state index >= 15 is 0 Å². The van der Waals surface area contributed by atoms with E-state index in [1.165, 1.54) is 40.6 Å². The summed E-state index contributed by atoms with van der Waals surface area (Å²) in [5, 5.41) is 40.8. The van der Waals surface area contributed by atoms with E-state index in [2.05, 4.69) is 0 Å². The number of benzene rings is 2. The van der Waals surface area contributed by atoms with Crippen molar-refractivity contribution in [2.24, 2.45) is 0 Å². The van der Waals surface area contributed by atoms with Gasteiger partial charge >= 0.3 is 0 Å². The Morgan fingerprint density at radius 2 is 0.903 bits per heavy atom. The summed E-state index contributed by atoms with van der Waals surface area (Å²) in [6, 6.07) is 2.66. The highest BCUT2D eigenvalue weighted by molar-refractivity contribution is 5.60. The predicted molar refractivity (Wildman–Crippen MR) is 116 cm³/mol. The Kier molecular flexibility index (Phi) is 8.78. The highest BCUT2D eigenvalue weighted by atomic mass is 16.5. The smallest absolute Gasteiger partial charge is 0.167 e. The molecule has 172 valence electrons. The molecule has 0 aliphatic carbocycles. The molecule has 0 saturated carbocycles. The number of phenolic OH excluding ortho intramolecular Hbond substituents is 4. The first-order valence-electron chi connectivity index (χ1n) is 10.2. The first kappa shape index (κ1) is 24.1. The molecule has 0 radical (unpaired) electrons. The summed E-state index contributed by atoms with van der Waals surface area (Å²) in [5.41, 5.74) is 1.06. The molecule has 0 atom stereocenters. The molecule has 0 fully saturated rings. The van der Waals surface area contributed by atoms with Crippen molar-refractivity contribution < 1.29 is 39.4 Å². The molecule has 8 nitrogen and oxygen atoms in total. The van der Waals surface area contributed by atoms with Crippen LogP contribution in [0.4, 0.5) is 0 Å². The minimum Gasteiger partial charge on any atom is -0.504 e. The fraction of sp³-hybridized carbons (Fsp3) is 0.478. The topological polar surface area (TPSA) is 118 Å². The molecule has 2 rings (SSSR count). The summed E-state index contributed by atoms with van der Waals surface area (Å²) in [6.45, 7) is 0. The number of phenols is 4. The summed E-state index contributed by atoms with van der Waals surface area (Å²) in [7, 11) is 5.76. The third kappa shape index (κ3) is 5.51. The average Bonchev–Trinajstić information content (AvgIpc) is 2.76. The molecule has 31 heavy (non-hydrogen) atoms. The minimum absolute atomic E-state index is 0.0162. The number of ether oxygens (including phenoxy) is 4.